The fourth-order valence-electron chi connectivity index (χ4n) is 4.55. The quantitative estimate of drug-likeness (QED) is 0.463. The molecule has 0 saturated carbocycles. The van der Waals surface area contributed by atoms with E-state index in [0.29, 0.717) is 5.41 Å². The Kier molecular flexibility index (Phi) is 6.60. The van der Waals surface area contributed by atoms with Crippen molar-refractivity contribution in [3.8, 4) is 0 Å². The van der Waals surface area contributed by atoms with Crippen LogP contribution in [-0.4, -0.2) is 34.0 Å². The van der Waals surface area contributed by atoms with Gasteiger partial charge in [-0.25, -0.2) is 0 Å². The van der Waals surface area contributed by atoms with E-state index in [9.17, 15) is 4.79 Å². The van der Waals surface area contributed by atoms with Crippen LogP contribution in [0.1, 0.15) is 86.5 Å². The van der Waals surface area contributed by atoms with Crippen molar-refractivity contribution in [1.29, 1.82) is 0 Å². The van der Waals surface area contributed by atoms with E-state index in [0.717, 1.165) is 52.0 Å². The van der Waals surface area contributed by atoms with E-state index >= 15 is 0 Å². The van der Waals surface area contributed by atoms with Crippen molar-refractivity contribution in [2.24, 2.45) is 5.41 Å². The minimum absolute atomic E-state index is 0.138. The number of anilines is 2. The molecule has 0 saturated heterocycles. The van der Waals surface area contributed by atoms with Crippen molar-refractivity contribution in [3.05, 3.63) is 64.2 Å². The number of ketones is 1. The number of fused-ring (bicyclic) bond motifs is 2. The summed E-state index contributed by atoms with van der Waals surface area (Å²) in [5.74, 6) is 0.138. The summed E-state index contributed by atoms with van der Waals surface area (Å²) in [5.41, 5.74) is 7.29. The SMILES string of the molecule is CN(C)c1ccc2c(c1)C(C)(C)c1cc(N(C)C)cc(/C=C/CCCC(C)(C)C)c1C2=O. The van der Waals surface area contributed by atoms with E-state index < -0.39 is 0 Å². The van der Waals surface area contributed by atoms with Crippen LogP contribution < -0.4 is 9.80 Å². The molecule has 3 nitrogen and oxygen atoms in total. The number of carbonyl (C=O) groups is 1. The first-order chi connectivity index (χ1) is 14.8. The number of allylic oxidation sites excluding steroid dienone is 1. The molecule has 172 valence electrons. The molecule has 0 spiro atoms. The minimum atomic E-state index is -0.258. The molecule has 0 amide bonds. The van der Waals surface area contributed by atoms with Crippen molar-refractivity contribution >= 4 is 23.2 Å². The van der Waals surface area contributed by atoms with Crippen molar-refractivity contribution in [2.75, 3.05) is 38.0 Å². The van der Waals surface area contributed by atoms with Gasteiger partial charge in [0.25, 0.3) is 0 Å². The molecule has 0 N–H and O–H groups in total. The number of hydrogen-bond acceptors (Lipinski definition) is 3. The predicted octanol–water partition coefficient (Wildman–Crippen LogP) is 6.92. The van der Waals surface area contributed by atoms with Gasteiger partial charge >= 0.3 is 0 Å². The second kappa shape index (κ2) is 8.77. The van der Waals surface area contributed by atoms with Crippen molar-refractivity contribution in [3.63, 3.8) is 0 Å². The van der Waals surface area contributed by atoms with Crippen LogP contribution >= 0.6 is 0 Å². The zero-order valence-corrected chi connectivity index (χ0v) is 21.5. The highest BCUT2D eigenvalue weighted by molar-refractivity contribution is 6.15. The van der Waals surface area contributed by atoms with Crippen molar-refractivity contribution in [1.82, 2.24) is 0 Å². The van der Waals surface area contributed by atoms with Crippen LogP contribution in [0.25, 0.3) is 6.08 Å². The van der Waals surface area contributed by atoms with E-state index in [2.05, 4.69) is 88.9 Å². The van der Waals surface area contributed by atoms with E-state index in [4.69, 9.17) is 0 Å². The summed E-state index contributed by atoms with van der Waals surface area (Å²) in [6.07, 6.45) is 7.79. The predicted molar refractivity (Wildman–Crippen MR) is 139 cm³/mol. The van der Waals surface area contributed by atoms with E-state index in [1.807, 2.05) is 26.2 Å². The number of unbranched alkanes of at least 4 members (excludes halogenated alkanes) is 1. The number of nitrogens with zero attached hydrogens (tertiary/aromatic N) is 2. The van der Waals surface area contributed by atoms with Crippen LogP contribution in [0.4, 0.5) is 11.4 Å². The smallest absolute Gasteiger partial charge is 0.194 e. The van der Waals surface area contributed by atoms with Crippen LogP contribution in [0.3, 0.4) is 0 Å². The molecule has 0 aromatic heterocycles. The molecule has 0 bridgehead atoms. The van der Waals surface area contributed by atoms with Crippen LogP contribution in [0.15, 0.2) is 36.4 Å². The summed E-state index contributed by atoms with van der Waals surface area (Å²) >= 11 is 0. The minimum Gasteiger partial charge on any atom is -0.378 e. The fraction of sp³-hybridized carbons (Fsp3) is 0.483. The molecular formula is C29H40N2O. The Morgan fingerprint density at radius 1 is 0.906 bits per heavy atom. The lowest BCUT2D eigenvalue weighted by molar-refractivity contribution is 0.103. The largest absolute Gasteiger partial charge is 0.378 e. The molecule has 0 radical (unpaired) electrons. The first kappa shape index (κ1) is 24.1. The third-order valence-corrected chi connectivity index (χ3v) is 6.60. The average molecular weight is 433 g/mol. The van der Waals surface area contributed by atoms with Crippen LogP contribution in [-0.2, 0) is 5.41 Å². The number of rotatable bonds is 6. The lowest BCUT2D eigenvalue weighted by Crippen LogP contribution is -2.32. The molecule has 3 rings (SSSR count). The van der Waals surface area contributed by atoms with Crippen molar-refractivity contribution < 1.29 is 4.79 Å². The maximum atomic E-state index is 13.7. The molecule has 1 aliphatic carbocycles. The zero-order chi connectivity index (χ0) is 23.8. The standard InChI is InChI=1S/C29H40N2O/c1-28(2,3)16-12-10-11-13-20-17-22(31(8)9)19-25-26(20)27(32)23-15-14-21(30(6)7)18-24(23)29(25,4)5/h11,13-15,17-19H,10,12,16H2,1-9H3/b13-11+. The molecule has 3 heteroatoms. The lowest BCUT2D eigenvalue weighted by Gasteiger charge is -2.36. The number of benzene rings is 2. The van der Waals surface area contributed by atoms with Gasteiger partial charge in [0.05, 0.1) is 0 Å². The Balaban J connectivity index is 2.09. The Labute approximate surface area is 195 Å². The molecule has 2 aromatic carbocycles. The summed E-state index contributed by atoms with van der Waals surface area (Å²) in [6.45, 7) is 11.3. The van der Waals surface area contributed by atoms with E-state index in [1.54, 1.807) is 0 Å². The van der Waals surface area contributed by atoms with E-state index in [-0.39, 0.29) is 11.2 Å². The van der Waals surface area contributed by atoms with E-state index in [1.165, 1.54) is 6.42 Å². The maximum absolute atomic E-state index is 13.7. The molecule has 32 heavy (non-hydrogen) atoms. The zero-order valence-electron chi connectivity index (χ0n) is 21.5. The summed E-state index contributed by atoms with van der Waals surface area (Å²) < 4.78 is 0. The van der Waals surface area contributed by atoms with Crippen LogP contribution in [0, 0.1) is 5.41 Å². The van der Waals surface area contributed by atoms with Gasteiger partial charge in [0.1, 0.15) is 0 Å². The van der Waals surface area contributed by atoms with Gasteiger partial charge in [-0.1, -0.05) is 46.8 Å². The van der Waals surface area contributed by atoms with Gasteiger partial charge in [-0.2, -0.15) is 0 Å². The van der Waals surface area contributed by atoms with Gasteiger partial charge in [0, 0.05) is 56.1 Å². The Hall–Kier alpha value is -2.55. The first-order valence-electron chi connectivity index (χ1n) is 11.7. The number of carbonyl (C=O) groups excluding carboxylic acids is 1. The topological polar surface area (TPSA) is 23.6 Å². The molecule has 0 unspecified atom stereocenters. The highest BCUT2D eigenvalue weighted by atomic mass is 16.1. The summed E-state index contributed by atoms with van der Waals surface area (Å²) in [6, 6.07) is 10.6. The fourth-order valence-corrected chi connectivity index (χ4v) is 4.55. The van der Waals surface area contributed by atoms with Crippen molar-refractivity contribution in [2.45, 2.75) is 59.3 Å². The molecule has 2 aromatic rings. The van der Waals surface area contributed by atoms with Gasteiger partial charge in [0.2, 0.25) is 0 Å². The Morgan fingerprint density at radius 3 is 2.12 bits per heavy atom. The third kappa shape index (κ3) is 4.77. The summed E-state index contributed by atoms with van der Waals surface area (Å²) in [5, 5.41) is 0. The Morgan fingerprint density at radius 2 is 1.53 bits per heavy atom. The third-order valence-electron chi connectivity index (χ3n) is 6.60. The molecule has 0 heterocycles. The molecule has 0 atom stereocenters. The second-order valence-corrected chi connectivity index (χ2v) is 11.3. The van der Waals surface area contributed by atoms with Gasteiger partial charge in [-0.3, -0.25) is 4.79 Å². The number of hydrogen-bond donors (Lipinski definition) is 0. The summed E-state index contributed by atoms with van der Waals surface area (Å²) in [4.78, 5) is 18.0. The molecular weight excluding hydrogens is 392 g/mol. The molecule has 0 fully saturated rings. The summed E-state index contributed by atoms with van der Waals surface area (Å²) in [7, 11) is 8.21. The van der Waals surface area contributed by atoms with Gasteiger partial charge in [-0.15, -0.1) is 0 Å². The molecule has 1 aliphatic rings. The van der Waals surface area contributed by atoms with Gasteiger partial charge in [0.15, 0.2) is 5.78 Å². The molecule has 0 aliphatic heterocycles. The second-order valence-electron chi connectivity index (χ2n) is 11.3. The highest BCUT2D eigenvalue weighted by Gasteiger charge is 2.38. The maximum Gasteiger partial charge on any atom is 0.194 e. The normalized spacial score (nSPS) is 15.0. The van der Waals surface area contributed by atoms with Gasteiger partial charge in [-0.05, 0) is 71.7 Å². The van der Waals surface area contributed by atoms with Gasteiger partial charge < -0.3 is 9.80 Å². The highest BCUT2D eigenvalue weighted by Crippen LogP contribution is 2.45. The first-order valence-corrected chi connectivity index (χ1v) is 11.7. The Bertz CT molecular complexity index is 1040. The average Bonchev–Trinajstić information content (AvgIpc) is 2.70. The van der Waals surface area contributed by atoms with Crippen LogP contribution in [0.2, 0.25) is 0 Å². The van der Waals surface area contributed by atoms with Crippen LogP contribution in [0.5, 0.6) is 0 Å². The lowest BCUT2D eigenvalue weighted by atomic mass is 9.67. The monoisotopic (exact) mass is 432 g/mol.